The van der Waals surface area contributed by atoms with Crippen LogP contribution in [0.15, 0.2) is 83.8 Å². The highest BCUT2D eigenvalue weighted by Crippen LogP contribution is 2.30. The van der Waals surface area contributed by atoms with E-state index >= 15 is 0 Å². The van der Waals surface area contributed by atoms with E-state index < -0.39 is 15.7 Å². The van der Waals surface area contributed by atoms with Crippen LogP contribution in [0.2, 0.25) is 5.02 Å². The molecule has 4 rings (SSSR count). The molecular formula is C24H25ClN2O5S. The third-order valence-corrected chi connectivity index (χ3v) is 6.27. The number of likely N-dealkylation sites (tertiary alicyclic amines) is 1. The average Bonchev–Trinajstić information content (AvgIpc) is 2.76. The van der Waals surface area contributed by atoms with Crippen LogP contribution in [0.3, 0.4) is 0 Å². The second-order valence-corrected chi connectivity index (χ2v) is 9.71. The molecule has 9 heteroatoms. The maximum Gasteiger partial charge on any atom is 0.410 e. The van der Waals surface area contributed by atoms with Crippen LogP contribution in [-0.4, -0.2) is 37.1 Å². The Kier molecular flexibility index (Phi) is 7.76. The summed E-state index contributed by atoms with van der Waals surface area (Å²) in [6, 6.07) is 23.0. The first kappa shape index (κ1) is 24.7. The Morgan fingerprint density at radius 1 is 1.03 bits per heavy atom. The smallest absolute Gasteiger partial charge is 0.410 e. The van der Waals surface area contributed by atoms with Crippen LogP contribution in [0.25, 0.3) is 0 Å². The molecule has 1 heterocycles. The topological polar surface area (TPSA) is 110 Å². The Balaban J connectivity index is 0.000000235. The summed E-state index contributed by atoms with van der Waals surface area (Å²) in [6.45, 7) is 3.01. The van der Waals surface area contributed by atoms with Gasteiger partial charge in [-0.25, -0.2) is 4.79 Å². The van der Waals surface area contributed by atoms with Crippen LogP contribution in [0.1, 0.15) is 16.7 Å². The largest absolute Gasteiger partial charge is 0.445 e. The Hall–Kier alpha value is -2.91. The van der Waals surface area contributed by atoms with Crippen molar-refractivity contribution in [1.29, 1.82) is 0 Å². The standard InChI is InChI=1S/C17H17ClN2O2.C7H8O3S/c18-15-8-6-14(7-9-15)17(19)11-20(12-17)16(21)22-10-13-4-2-1-3-5-13;1-6-2-4-7(5-3-6)11(8,9)10/h1-9H,10-12,19H2;2-5H,1H3,(H,8,9,10). The van der Waals surface area contributed by atoms with Gasteiger partial charge in [-0.05, 0) is 42.3 Å². The van der Waals surface area contributed by atoms with Gasteiger partial charge in [-0.2, -0.15) is 8.42 Å². The second-order valence-electron chi connectivity index (χ2n) is 7.85. The number of amides is 1. The van der Waals surface area contributed by atoms with E-state index in [1.807, 2.05) is 61.5 Å². The molecule has 0 saturated carbocycles. The van der Waals surface area contributed by atoms with Crippen LogP contribution in [0.4, 0.5) is 4.79 Å². The van der Waals surface area contributed by atoms with Crippen LogP contribution < -0.4 is 5.73 Å². The lowest BCUT2D eigenvalue weighted by atomic mass is 9.84. The summed E-state index contributed by atoms with van der Waals surface area (Å²) in [7, 11) is -4.02. The molecule has 0 aromatic heterocycles. The average molecular weight is 489 g/mol. The van der Waals surface area contributed by atoms with Crippen molar-refractivity contribution in [3.8, 4) is 0 Å². The summed E-state index contributed by atoms with van der Waals surface area (Å²) in [6.07, 6.45) is -0.334. The Labute approximate surface area is 198 Å². The third kappa shape index (κ3) is 6.79. The van der Waals surface area contributed by atoms with Crippen molar-refractivity contribution in [3.05, 3.63) is 101 Å². The number of benzene rings is 3. The molecule has 0 atom stereocenters. The van der Waals surface area contributed by atoms with Crippen molar-refractivity contribution in [3.63, 3.8) is 0 Å². The number of carbonyl (C=O) groups excluding carboxylic acids is 1. The van der Waals surface area contributed by atoms with Crippen molar-refractivity contribution < 1.29 is 22.5 Å². The lowest BCUT2D eigenvalue weighted by Gasteiger charge is -2.47. The van der Waals surface area contributed by atoms with Crippen molar-refractivity contribution in [2.45, 2.75) is 24.0 Å². The number of carbonyl (C=O) groups is 1. The molecule has 1 fully saturated rings. The van der Waals surface area contributed by atoms with E-state index in [1.165, 1.54) is 12.1 Å². The van der Waals surface area contributed by atoms with Crippen molar-refractivity contribution in [1.82, 2.24) is 4.90 Å². The minimum Gasteiger partial charge on any atom is -0.445 e. The van der Waals surface area contributed by atoms with E-state index in [0.29, 0.717) is 18.1 Å². The van der Waals surface area contributed by atoms with Gasteiger partial charge in [-0.3, -0.25) is 4.55 Å². The quantitative estimate of drug-likeness (QED) is 0.527. The molecule has 3 N–H and O–H groups in total. The summed E-state index contributed by atoms with van der Waals surface area (Å²) in [4.78, 5) is 13.5. The number of halogens is 1. The molecule has 3 aromatic rings. The molecule has 33 heavy (non-hydrogen) atoms. The molecular weight excluding hydrogens is 464 g/mol. The first-order chi connectivity index (χ1) is 15.6. The molecule has 0 aliphatic carbocycles. The Morgan fingerprint density at radius 2 is 1.61 bits per heavy atom. The van der Waals surface area contributed by atoms with Crippen molar-refractivity contribution >= 4 is 27.8 Å². The lowest BCUT2D eigenvalue weighted by molar-refractivity contribution is 0.0353. The predicted octanol–water partition coefficient (Wildman–Crippen LogP) is 4.39. The molecule has 3 aromatic carbocycles. The van der Waals surface area contributed by atoms with E-state index in [1.54, 1.807) is 17.0 Å². The molecule has 1 amide bonds. The van der Waals surface area contributed by atoms with Gasteiger partial charge in [-0.15, -0.1) is 0 Å². The number of nitrogens with two attached hydrogens (primary N) is 1. The van der Waals surface area contributed by atoms with Crippen LogP contribution in [-0.2, 0) is 27.0 Å². The van der Waals surface area contributed by atoms with Crippen LogP contribution in [0, 0.1) is 6.92 Å². The lowest BCUT2D eigenvalue weighted by Crippen LogP contribution is -2.66. The number of nitrogens with zero attached hydrogens (tertiary/aromatic N) is 1. The summed E-state index contributed by atoms with van der Waals surface area (Å²) in [5.41, 5.74) is 8.70. The van der Waals surface area contributed by atoms with Gasteiger partial charge in [0.2, 0.25) is 0 Å². The van der Waals surface area contributed by atoms with Gasteiger partial charge in [-0.1, -0.05) is 71.8 Å². The highest BCUT2D eigenvalue weighted by Gasteiger charge is 2.44. The van der Waals surface area contributed by atoms with Gasteiger partial charge in [0.15, 0.2) is 0 Å². The zero-order valence-electron chi connectivity index (χ0n) is 18.0. The maximum absolute atomic E-state index is 12.0. The fraction of sp³-hybridized carbons (Fsp3) is 0.208. The third-order valence-electron chi connectivity index (χ3n) is 5.15. The molecule has 7 nitrogen and oxygen atoms in total. The monoisotopic (exact) mass is 488 g/mol. The normalized spacial score (nSPS) is 14.5. The molecule has 1 aliphatic heterocycles. The Bertz CT molecular complexity index is 1180. The molecule has 1 saturated heterocycles. The van der Waals surface area contributed by atoms with Gasteiger partial charge in [0.1, 0.15) is 6.61 Å². The number of rotatable bonds is 4. The van der Waals surface area contributed by atoms with Crippen molar-refractivity contribution in [2.24, 2.45) is 5.73 Å². The van der Waals surface area contributed by atoms with Gasteiger partial charge in [0.25, 0.3) is 10.1 Å². The molecule has 174 valence electrons. The highest BCUT2D eigenvalue weighted by molar-refractivity contribution is 7.85. The molecule has 0 bridgehead atoms. The summed E-state index contributed by atoms with van der Waals surface area (Å²) in [5, 5.41) is 0.672. The molecule has 0 radical (unpaired) electrons. The first-order valence-corrected chi connectivity index (χ1v) is 11.9. The zero-order chi connectivity index (χ0) is 24.1. The minimum absolute atomic E-state index is 0.0666. The van der Waals surface area contributed by atoms with Gasteiger partial charge >= 0.3 is 6.09 Å². The number of hydrogen-bond acceptors (Lipinski definition) is 5. The first-order valence-electron chi connectivity index (χ1n) is 10.1. The van der Waals surface area contributed by atoms with E-state index in [2.05, 4.69) is 0 Å². The molecule has 0 spiro atoms. The summed E-state index contributed by atoms with van der Waals surface area (Å²) >= 11 is 5.88. The number of hydrogen-bond donors (Lipinski definition) is 2. The van der Waals surface area contributed by atoms with Crippen LogP contribution >= 0.6 is 11.6 Å². The summed E-state index contributed by atoms with van der Waals surface area (Å²) < 4.78 is 34.8. The maximum atomic E-state index is 12.0. The fourth-order valence-corrected chi connectivity index (χ4v) is 3.86. The SMILES string of the molecule is Cc1ccc(S(=O)(=O)O)cc1.NC1(c2ccc(Cl)cc2)CN(C(=O)OCc2ccccc2)C1. The van der Waals surface area contributed by atoms with Gasteiger partial charge in [0, 0.05) is 18.1 Å². The highest BCUT2D eigenvalue weighted by atomic mass is 35.5. The Morgan fingerprint density at radius 3 is 2.15 bits per heavy atom. The van der Waals surface area contributed by atoms with Crippen LogP contribution in [0.5, 0.6) is 0 Å². The molecule has 0 unspecified atom stereocenters. The number of aryl methyl sites for hydroxylation is 1. The van der Waals surface area contributed by atoms with E-state index in [0.717, 1.165) is 16.7 Å². The predicted molar refractivity (Wildman–Crippen MR) is 127 cm³/mol. The fourth-order valence-electron chi connectivity index (χ4n) is 3.25. The number of ether oxygens (including phenoxy) is 1. The van der Waals surface area contributed by atoms with E-state index in [-0.39, 0.29) is 17.6 Å². The van der Waals surface area contributed by atoms with E-state index in [9.17, 15) is 13.2 Å². The second kappa shape index (κ2) is 10.4. The van der Waals surface area contributed by atoms with Gasteiger partial charge < -0.3 is 15.4 Å². The zero-order valence-corrected chi connectivity index (χ0v) is 19.6. The minimum atomic E-state index is -4.02. The van der Waals surface area contributed by atoms with Crippen molar-refractivity contribution in [2.75, 3.05) is 13.1 Å². The summed E-state index contributed by atoms with van der Waals surface area (Å²) in [5.74, 6) is 0. The van der Waals surface area contributed by atoms with Gasteiger partial charge in [0.05, 0.1) is 10.4 Å². The molecule has 1 aliphatic rings. The van der Waals surface area contributed by atoms with E-state index in [4.69, 9.17) is 26.6 Å².